The summed E-state index contributed by atoms with van der Waals surface area (Å²) in [6.07, 6.45) is -16.3. The van der Waals surface area contributed by atoms with Crippen molar-refractivity contribution in [2.75, 3.05) is 5.32 Å². The zero-order valence-electron chi connectivity index (χ0n) is 23.1. The second kappa shape index (κ2) is 12.6. The molecule has 0 unspecified atom stereocenters. The lowest BCUT2D eigenvalue weighted by atomic mass is 9.70. The van der Waals surface area contributed by atoms with Gasteiger partial charge in [-0.05, 0) is 23.7 Å². The summed E-state index contributed by atoms with van der Waals surface area (Å²) >= 11 is 0. The van der Waals surface area contributed by atoms with Crippen LogP contribution in [-0.4, -0.2) is 82.8 Å². The van der Waals surface area contributed by atoms with E-state index in [-0.39, 0.29) is 6.08 Å². The highest BCUT2D eigenvalue weighted by Crippen LogP contribution is 2.66. The molecule has 300 valence electrons. The number of alkyl halides is 26. The van der Waals surface area contributed by atoms with Crippen LogP contribution in [0.15, 0.2) is 24.8 Å². The lowest BCUT2D eigenvalue weighted by Gasteiger charge is -2.42. The predicted molar refractivity (Wildman–Crippen MR) is 115 cm³/mol. The lowest BCUT2D eigenvalue weighted by molar-refractivity contribution is -0.444. The van der Waals surface area contributed by atoms with E-state index in [4.69, 9.17) is 0 Å². The summed E-state index contributed by atoms with van der Waals surface area (Å²) in [5, 5.41) is 19.4. The molecule has 0 aliphatic heterocycles. The highest BCUT2D eigenvalue weighted by Gasteiger charge is 2.93. The topological polar surface area (TPSA) is 69.6 Å². The van der Waals surface area contributed by atoms with Crippen LogP contribution in [-0.2, 0) is 16.6 Å². The van der Waals surface area contributed by atoms with Gasteiger partial charge in [-0.3, -0.25) is 4.79 Å². The summed E-state index contributed by atoms with van der Waals surface area (Å²) in [4.78, 5) is 11.5. The van der Waals surface area contributed by atoms with E-state index in [1.165, 1.54) is 0 Å². The van der Waals surface area contributed by atoms with Gasteiger partial charge >= 0.3 is 78.7 Å². The summed E-state index contributed by atoms with van der Waals surface area (Å²) in [6, 6.07) is -2.68. The molecule has 0 saturated heterocycles. The fourth-order valence-corrected chi connectivity index (χ4v) is 3.60. The van der Waals surface area contributed by atoms with Crippen molar-refractivity contribution >= 4 is 24.2 Å². The smallest absolute Gasteiger partial charge is 0.423 e. The molecule has 1 aromatic rings. The van der Waals surface area contributed by atoms with Crippen LogP contribution in [0.1, 0.15) is 11.1 Å². The Hall–Kier alpha value is -3.41. The second-order valence-electron chi connectivity index (χ2n) is 9.79. The minimum Gasteiger partial charge on any atom is -0.423 e. The number of hydrogen-bond acceptors (Lipinski definition) is 3. The first-order chi connectivity index (χ1) is 22.4. The SMILES string of the molecule is C=CC(=O)Nc1cc(B(O)O)c(C(F)(F)C(F)(F)C(F)(F)C(F)(F)C(F)(F)C(F)(F)F)c(C(F)(F)C(F)(F)C(F)(F)C(F)(F)C(F)(F)C(F)(F)F)c1. The molecule has 3 N–H and O–H groups in total. The first-order valence-electron chi connectivity index (χ1n) is 11.8. The second-order valence-corrected chi connectivity index (χ2v) is 9.79. The predicted octanol–water partition coefficient (Wildman–Crippen LogP) is 7.88. The van der Waals surface area contributed by atoms with E-state index in [1.54, 1.807) is 0 Å². The quantitative estimate of drug-likeness (QED) is 0.108. The van der Waals surface area contributed by atoms with Crippen LogP contribution in [0.3, 0.4) is 0 Å². The van der Waals surface area contributed by atoms with Crippen molar-refractivity contribution in [2.45, 2.75) is 71.6 Å². The van der Waals surface area contributed by atoms with Gasteiger partial charge in [-0.25, -0.2) is 0 Å². The van der Waals surface area contributed by atoms with Crippen molar-refractivity contribution in [3.63, 3.8) is 0 Å². The van der Waals surface area contributed by atoms with Crippen molar-refractivity contribution < 1.29 is 129 Å². The van der Waals surface area contributed by atoms with E-state index < -0.39 is 119 Å². The third kappa shape index (κ3) is 6.24. The Labute approximate surface area is 267 Å². The maximum absolute atomic E-state index is 15.2. The van der Waals surface area contributed by atoms with Gasteiger partial charge in [0, 0.05) is 16.8 Å². The van der Waals surface area contributed by atoms with Crippen LogP contribution >= 0.6 is 0 Å². The molecule has 0 heterocycles. The number of rotatable bonds is 13. The van der Waals surface area contributed by atoms with Crippen LogP contribution in [0.4, 0.5) is 120 Å². The molecule has 1 aromatic carbocycles. The molecular weight excluding hydrogens is 819 g/mol. The van der Waals surface area contributed by atoms with Crippen LogP contribution < -0.4 is 10.8 Å². The Balaban J connectivity index is 4.62. The normalized spacial score (nSPS) is 15.5. The number of amides is 1. The number of nitrogens with one attached hydrogen (secondary N) is 1. The molecule has 31 heteroatoms. The third-order valence-electron chi connectivity index (χ3n) is 6.42. The molecule has 1 amide bonds. The van der Waals surface area contributed by atoms with Crippen molar-refractivity contribution in [3.8, 4) is 0 Å². The van der Waals surface area contributed by atoms with E-state index in [0.29, 0.717) is 0 Å². The standard InChI is InChI=1S/C21H8BF26NO3/c1-2-8(50)49-5-3-6(10(23,24)12(27,28)14(31,32)16(35,36)18(39,40)20(43,44)45)9(7(4-5)22(51)52)11(25,26)13(29,30)15(33,34)17(37,38)19(41,42)21(46,47)48/h2-4,51-52H,1H2,(H,49,50). The Morgan fingerprint density at radius 3 is 1.12 bits per heavy atom. The third-order valence-corrected chi connectivity index (χ3v) is 6.42. The van der Waals surface area contributed by atoms with Gasteiger partial charge in [-0.2, -0.15) is 114 Å². The number of anilines is 1. The zero-order chi connectivity index (χ0) is 42.3. The van der Waals surface area contributed by atoms with E-state index in [0.717, 1.165) is 5.32 Å². The average Bonchev–Trinajstić information content (AvgIpc) is 2.94. The summed E-state index contributed by atoms with van der Waals surface area (Å²) in [5.74, 6) is -89.8. The van der Waals surface area contributed by atoms with Gasteiger partial charge in [0.2, 0.25) is 5.91 Å². The zero-order valence-corrected chi connectivity index (χ0v) is 23.1. The highest BCUT2D eigenvalue weighted by molar-refractivity contribution is 6.59. The van der Waals surface area contributed by atoms with Gasteiger partial charge in [0.05, 0.1) is 0 Å². The van der Waals surface area contributed by atoms with Gasteiger partial charge < -0.3 is 15.4 Å². The molecular formula is C21H8BF26NO3. The first-order valence-corrected chi connectivity index (χ1v) is 11.8. The van der Waals surface area contributed by atoms with Gasteiger partial charge in [-0.15, -0.1) is 0 Å². The molecule has 0 aromatic heterocycles. The summed E-state index contributed by atoms with van der Waals surface area (Å²) in [6.45, 7) is 2.56. The van der Waals surface area contributed by atoms with Crippen LogP contribution in [0.25, 0.3) is 0 Å². The van der Waals surface area contributed by atoms with Crippen LogP contribution in [0, 0.1) is 0 Å². The molecule has 0 fully saturated rings. The molecule has 0 aliphatic rings. The lowest BCUT2D eigenvalue weighted by Crippen LogP contribution is -2.70. The minimum atomic E-state index is -9.07. The number of carbonyl (C=O) groups excluding carboxylic acids is 1. The van der Waals surface area contributed by atoms with E-state index >= 15 is 17.6 Å². The number of benzene rings is 1. The summed E-state index contributed by atoms with van der Waals surface area (Å²) in [7, 11) is -4.51. The molecule has 0 saturated carbocycles. The Bertz CT molecular complexity index is 1530. The molecule has 4 nitrogen and oxygen atoms in total. The van der Waals surface area contributed by atoms with Crippen LogP contribution in [0.2, 0.25) is 0 Å². The van der Waals surface area contributed by atoms with E-state index in [1.807, 2.05) is 0 Å². The Kier molecular flexibility index (Phi) is 11.3. The van der Waals surface area contributed by atoms with Gasteiger partial charge in [-0.1, -0.05) is 6.58 Å². The maximum Gasteiger partial charge on any atom is 0.489 e. The molecule has 0 radical (unpaired) electrons. The minimum absolute atomic E-state index is 0.102. The van der Waals surface area contributed by atoms with Crippen molar-refractivity contribution in [1.29, 1.82) is 0 Å². The Morgan fingerprint density at radius 2 is 0.827 bits per heavy atom. The maximum atomic E-state index is 15.2. The van der Waals surface area contributed by atoms with Crippen molar-refractivity contribution in [1.82, 2.24) is 0 Å². The molecule has 0 bridgehead atoms. The van der Waals surface area contributed by atoms with Gasteiger partial charge in [0.15, 0.2) is 0 Å². The summed E-state index contributed by atoms with van der Waals surface area (Å²) in [5.41, 5.74) is -14.9. The molecule has 1 rings (SSSR count). The first kappa shape index (κ1) is 46.6. The van der Waals surface area contributed by atoms with Crippen molar-refractivity contribution in [3.05, 3.63) is 35.9 Å². The Morgan fingerprint density at radius 1 is 0.519 bits per heavy atom. The summed E-state index contributed by atoms with van der Waals surface area (Å²) < 4.78 is 358. The van der Waals surface area contributed by atoms with Crippen molar-refractivity contribution in [2.24, 2.45) is 0 Å². The molecule has 0 spiro atoms. The number of carbonyl (C=O) groups is 1. The largest absolute Gasteiger partial charge is 0.489 e. The van der Waals surface area contributed by atoms with E-state index in [9.17, 15) is 111 Å². The van der Waals surface area contributed by atoms with E-state index in [2.05, 4.69) is 6.58 Å². The monoisotopic (exact) mass is 827 g/mol. The molecule has 52 heavy (non-hydrogen) atoms. The highest BCUT2D eigenvalue weighted by atomic mass is 19.4. The number of hydrogen-bond donors (Lipinski definition) is 3. The fourth-order valence-electron chi connectivity index (χ4n) is 3.60. The van der Waals surface area contributed by atoms with Gasteiger partial charge in [0.25, 0.3) is 0 Å². The van der Waals surface area contributed by atoms with Gasteiger partial charge in [0.1, 0.15) is 0 Å². The molecule has 0 atom stereocenters. The average molecular weight is 827 g/mol. The van der Waals surface area contributed by atoms with Crippen LogP contribution in [0.5, 0.6) is 0 Å². The fraction of sp³-hybridized carbons (Fsp3) is 0.571. The molecule has 0 aliphatic carbocycles. The number of halogens is 26.